The van der Waals surface area contributed by atoms with Gasteiger partial charge in [0.2, 0.25) is 5.91 Å². The van der Waals surface area contributed by atoms with Gasteiger partial charge in [-0.25, -0.2) is 0 Å². The molecular weight excluding hydrogens is 432 g/mol. The van der Waals surface area contributed by atoms with E-state index in [1.165, 1.54) is 34.2 Å². The Morgan fingerprint density at radius 2 is 2.06 bits per heavy atom. The van der Waals surface area contributed by atoms with Crippen molar-refractivity contribution in [1.29, 1.82) is 0 Å². The van der Waals surface area contributed by atoms with Crippen molar-refractivity contribution < 1.29 is 13.9 Å². The topological polar surface area (TPSA) is 45.9 Å². The molecule has 1 aromatic carbocycles. The second kappa shape index (κ2) is 9.51. The minimum absolute atomic E-state index is 0.195. The Kier molecular flexibility index (Phi) is 6.48. The Hall–Kier alpha value is -2.31. The average Bonchev–Trinajstić information content (AvgIpc) is 3.42. The number of fused-ring (bicyclic) bond motifs is 2. The number of methoxy groups -OCH3 is 1. The summed E-state index contributed by atoms with van der Waals surface area (Å²) in [4.78, 5) is 19.4. The summed E-state index contributed by atoms with van der Waals surface area (Å²) in [6, 6.07) is 6.08. The zero-order valence-corrected chi connectivity index (χ0v) is 20.8. The van der Waals surface area contributed by atoms with E-state index in [1.807, 2.05) is 34.6 Å². The molecule has 3 aromatic rings. The number of amides is 1. The number of hydrogen-bond donors (Lipinski definition) is 0. The number of benzene rings is 1. The Labute approximate surface area is 200 Å². The first-order valence-corrected chi connectivity index (χ1v) is 13.0. The van der Waals surface area contributed by atoms with E-state index in [9.17, 15) is 4.79 Å². The zero-order valence-electron chi connectivity index (χ0n) is 20.0. The summed E-state index contributed by atoms with van der Waals surface area (Å²) >= 11 is 1.95. The number of furan rings is 1. The van der Waals surface area contributed by atoms with Crippen LogP contribution in [-0.4, -0.2) is 49.0 Å². The lowest BCUT2D eigenvalue weighted by atomic mass is 9.89. The van der Waals surface area contributed by atoms with Crippen molar-refractivity contribution in [1.82, 2.24) is 9.80 Å². The van der Waals surface area contributed by atoms with Crippen molar-refractivity contribution in [3.8, 4) is 5.75 Å². The molecule has 0 saturated carbocycles. The predicted octanol–water partition coefficient (Wildman–Crippen LogP) is 5.39. The molecule has 4 heterocycles. The summed E-state index contributed by atoms with van der Waals surface area (Å²) in [6.07, 6.45) is 7.53. The van der Waals surface area contributed by atoms with Gasteiger partial charge in [0.25, 0.3) is 0 Å². The molecule has 33 heavy (non-hydrogen) atoms. The van der Waals surface area contributed by atoms with E-state index in [0.29, 0.717) is 5.92 Å². The van der Waals surface area contributed by atoms with Gasteiger partial charge >= 0.3 is 0 Å². The molecule has 6 heteroatoms. The lowest BCUT2D eigenvalue weighted by molar-refractivity contribution is -0.129. The summed E-state index contributed by atoms with van der Waals surface area (Å²) in [5.74, 6) is 1.63. The Morgan fingerprint density at radius 1 is 1.24 bits per heavy atom. The van der Waals surface area contributed by atoms with Gasteiger partial charge in [0, 0.05) is 40.7 Å². The highest BCUT2D eigenvalue weighted by Crippen LogP contribution is 2.37. The van der Waals surface area contributed by atoms with E-state index in [2.05, 4.69) is 17.9 Å². The number of thiophene rings is 1. The number of nitrogens with zero attached hydrogens (tertiary/aromatic N) is 2. The predicted molar refractivity (Wildman–Crippen MR) is 133 cm³/mol. The van der Waals surface area contributed by atoms with E-state index < -0.39 is 0 Å². The number of carbonyl (C=O) groups excluding carboxylic acids is 1. The molecule has 1 fully saturated rings. The average molecular weight is 467 g/mol. The first kappa shape index (κ1) is 22.5. The van der Waals surface area contributed by atoms with E-state index in [-0.39, 0.29) is 5.91 Å². The molecule has 2 aromatic heterocycles. The lowest BCUT2D eigenvalue weighted by Gasteiger charge is -2.31. The summed E-state index contributed by atoms with van der Waals surface area (Å²) in [5.41, 5.74) is 5.38. The molecule has 5 rings (SSSR count). The van der Waals surface area contributed by atoms with Crippen LogP contribution in [0.1, 0.15) is 59.1 Å². The van der Waals surface area contributed by atoms with Crippen molar-refractivity contribution in [3.63, 3.8) is 0 Å². The van der Waals surface area contributed by atoms with Crippen molar-refractivity contribution in [2.24, 2.45) is 0 Å². The monoisotopic (exact) mass is 466 g/mol. The largest absolute Gasteiger partial charge is 0.497 e. The molecule has 0 N–H and O–H groups in total. The van der Waals surface area contributed by atoms with Gasteiger partial charge in [0.05, 0.1) is 19.9 Å². The third-order valence-electron chi connectivity index (χ3n) is 7.54. The normalized spacial score (nSPS) is 17.5. The second-order valence-electron chi connectivity index (χ2n) is 9.37. The van der Waals surface area contributed by atoms with Gasteiger partial charge in [-0.15, -0.1) is 11.3 Å². The lowest BCUT2D eigenvalue weighted by Crippen LogP contribution is -2.34. The van der Waals surface area contributed by atoms with Crippen molar-refractivity contribution in [2.45, 2.75) is 58.4 Å². The van der Waals surface area contributed by atoms with Crippen LogP contribution >= 0.6 is 11.3 Å². The van der Waals surface area contributed by atoms with Gasteiger partial charge in [-0.1, -0.05) is 6.92 Å². The number of carbonyl (C=O) groups is 1. The van der Waals surface area contributed by atoms with Crippen LogP contribution < -0.4 is 4.74 Å². The first-order valence-electron chi connectivity index (χ1n) is 12.2. The van der Waals surface area contributed by atoms with Gasteiger partial charge in [-0.3, -0.25) is 4.79 Å². The maximum atomic E-state index is 11.8. The van der Waals surface area contributed by atoms with Crippen molar-refractivity contribution in [3.05, 3.63) is 50.9 Å². The van der Waals surface area contributed by atoms with Crippen LogP contribution in [-0.2, 0) is 30.6 Å². The van der Waals surface area contributed by atoms with Crippen LogP contribution in [0.15, 0.2) is 28.9 Å². The Bertz CT molecular complexity index is 1140. The summed E-state index contributed by atoms with van der Waals surface area (Å²) < 4.78 is 11.3. The molecule has 0 atom stereocenters. The molecule has 2 aliphatic heterocycles. The molecule has 5 nitrogen and oxygen atoms in total. The Morgan fingerprint density at radius 3 is 2.79 bits per heavy atom. The number of likely N-dealkylation sites (tertiary alicyclic amines) is 1. The number of hydrogen-bond acceptors (Lipinski definition) is 5. The van der Waals surface area contributed by atoms with Gasteiger partial charge in [0.15, 0.2) is 0 Å². The summed E-state index contributed by atoms with van der Waals surface area (Å²) in [7, 11) is 1.71. The molecular formula is C27H34N2O3S. The van der Waals surface area contributed by atoms with Gasteiger partial charge in [-0.05, 0) is 80.4 Å². The molecule has 2 aliphatic rings. The number of rotatable bonds is 6. The standard InChI is InChI=1S/C27H34N2O3S/c1-4-21-22-9-14-29(18(2)30)16-27(22)33-26(21)10-13-28-11-7-19(8-12-28)24-17-32-25-6-5-20(31-3)15-23(24)25/h5-6,15,17,19H,4,7-14,16H2,1-3H3. The molecule has 176 valence electrons. The first-order chi connectivity index (χ1) is 16.1. The molecule has 0 radical (unpaired) electrons. The van der Waals surface area contributed by atoms with Crippen LogP contribution in [0, 0.1) is 0 Å². The van der Waals surface area contributed by atoms with Crippen LogP contribution in [0.3, 0.4) is 0 Å². The SMILES string of the molecule is CCc1c(CCN2CCC(c3coc4ccc(OC)cc34)CC2)sc2c1CCN(C(C)=O)C2. The smallest absolute Gasteiger partial charge is 0.219 e. The second-order valence-corrected chi connectivity index (χ2v) is 10.6. The van der Waals surface area contributed by atoms with Crippen LogP contribution in [0.4, 0.5) is 0 Å². The van der Waals surface area contributed by atoms with Crippen molar-refractivity contribution >= 4 is 28.2 Å². The maximum absolute atomic E-state index is 11.8. The third kappa shape index (κ3) is 4.43. The quantitative estimate of drug-likeness (QED) is 0.489. The van der Waals surface area contributed by atoms with Gasteiger partial charge in [-0.2, -0.15) is 0 Å². The summed E-state index contributed by atoms with van der Waals surface area (Å²) in [6.45, 7) is 9.02. The maximum Gasteiger partial charge on any atom is 0.219 e. The highest BCUT2D eigenvalue weighted by atomic mass is 32.1. The number of ether oxygens (including phenoxy) is 1. The van der Waals surface area contributed by atoms with Crippen LogP contribution in [0.2, 0.25) is 0 Å². The molecule has 0 unspecified atom stereocenters. The highest BCUT2D eigenvalue weighted by molar-refractivity contribution is 7.12. The fourth-order valence-electron chi connectivity index (χ4n) is 5.61. The zero-order chi connectivity index (χ0) is 22.9. The molecule has 0 spiro atoms. The minimum atomic E-state index is 0.195. The van der Waals surface area contributed by atoms with E-state index in [1.54, 1.807) is 24.5 Å². The van der Waals surface area contributed by atoms with Gasteiger partial charge < -0.3 is 19.0 Å². The molecule has 1 saturated heterocycles. The highest BCUT2D eigenvalue weighted by Gasteiger charge is 2.26. The fourth-order valence-corrected chi connectivity index (χ4v) is 7.06. The minimum Gasteiger partial charge on any atom is -0.497 e. The third-order valence-corrected chi connectivity index (χ3v) is 8.86. The Balaban J connectivity index is 1.21. The van der Waals surface area contributed by atoms with Crippen molar-refractivity contribution in [2.75, 3.05) is 33.3 Å². The van der Waals surface area contributed by atoms with Gasteiger partial charge in [0.1, 0.15) is 11.3 Å². The van der Waals surface area contributed by atoms with Crippen LogP contribution in [0.25, 0.3) is 11.0 Å². The molecule has 0 bridgehead atoms. The van der Waals surface area contributed by atoms with E-state index in [0.717, 1.165) is 63.3 Å². The molecule has 1 amide bonds. The van der Waals surface area contributed by atoms with Crippen LogP contribution in [0.5, 0.6) is 5.75 Å². The molecule has 0 aliphatic carbocycles. The van der Waals surface area contributed by atoms with E-state index in [4.69, 9.17) is 9.15 Å². The number of piperidine rings is 1. The van der Waals surface area contributed by atoms with E-state index >= 15 is 0 Å². The summed E-state index contributed by atoms with van der Waals surface area (Å²) in [5, 5.41) is 1.20. The fraction of sp³-hybridized carbons (Fsp3) is 0.519.